The third-order valence-corrected chi connectivity index (χ3v) is 3.71. The van der Waals surface area contributed by atoms with Crippen molar-refractivity contribution < 1.29 is 19.0 Å². The predicted molar refractivity (Wildman–Crippen MR) is 76.2 cm³/mol. The lowest BCUT2D eigenvalue weighted by atomic mass is 9.89. The summed E-state index contributed by atoms with van der Waals surface area (Å²) in [7, 11) is 1.49. The van der Waals surface area contributed by atoms with Crippen LogP contribution < -0.4 is 10.5 Å². The number of halogens is 1. The lowest BCUT2D eigenvalue weighted by molar-refractivity contribution is -0.125. The van der Waals surface area contributed by atoms with E-state index in [1.807, 2.05) is 4.90 Å². The molecule has 0 saturated carbocycles. The number of likely N-dealkylation sites (tertiary alicyclic amines) is 1. The zero-order valence-corrected chi connectivity index (χ0v) is 12.1. The minimum absolute atomic E-state index is 0.0457. The van der Waals surface area contributed by atoms with Crippen molar-refractivity contribution >= 4 is 5.91 Å². The number of hydrogen-bond donors (Lipinski definition) is 2. The highest BCUT2D eigenvalue weighted by Gasteiger charge is 2.34. The van der Waals surface area contributed by atoms with Crippen LogP contribution in [0.15, 0.2) is 18.2 Å². The molecule has 6 heteroatoms. The average molecular weight is 296 g/mol. The van der Waals surface area contributed by atoms with Crippen LogP contribution in [0.1, 0.15) is 24.8 Å². The molecule has 1 aromatic rings. The number of piperidine rings is 1. The Hall–Kier alpha value is -1.66. The van der Waals surface area contributed by atoms with Crippen molar-refractivity contribution in [3.63, 3.8) is 0 Å². The van der Waals surface area contributed by atoms with E-state index in [1.54, 1.807) is 6.07 Å². The molecule has 1 saturated heterocycles. The van der Waals surface area contributed by atoms with Crippen molar-refractivity contribution in [1.82, 2.24) is 4.90 Å². The molecule has 1 heterocycles. The number of rotatable bonds is 5. The van der Waals surface area contributed by atoms with Gasteiger partial charge in [-0.2, -0.15) is 0 Å². The molecule has 116 valence electrons. The van der Waals surface area contributed by atoms with E-state index in [-0.39, 0.29) is 12.2 Å². The zero-order valence-electron chi connectivity index (χ0n) is 12.1. The van der Waals surface area contributed by atoms with E-state index in [2.05, 4.69) is 0 Å². The first kappa shape index (κ1) is 15.7. The summed E-state index contributed by atoms with van der Waals surface area (Å²) in [4.78, 5) is 13.0. The molecule has 1 amide bonds. The molecule has 0 aromatic heterocycles. The van der Waals surface area contributed by atoms with Gasteiger partial charge < -0.3 is 15.6 Å². The highest BCUT2D eigenvalue weighted by molar-refractivity contribution is 5.75. The maximum Gasteiger partial charge on any atom is 0.220 e. The first-order valence-corrected chi connectivity index (χ1v) is 6.97. The van der Waals surface area contributed by atoms with Crippen LogP contribution in [0.5, 0.6) is 5.75 Å². The summed E-state index contributed by atoms with van der Waals surface area (Å²) in [5.74, 6) is -0.394. The van der Waals surface area contributed by atoms with Gasteiger partial charge in [-0.1, -0.05) is 0 Å². The summed E-state index contributed by atoms with van der Waals surface area (Å²) >= 11 is 0. The molecule has 2 rings (SSSR count). The zero-order chi connectivity index (χ0) is 15.5. The van der Waals surface area contributed by atoms with Gasteiger partial charge in [0, 0.05) is 19.2 Å². The Kier molecular flexibility index (Phi) is 4.80. The number of ether oxygens (including phenoxy) is 1. The summed E-state index contributed by atoms with van der Waals surface area (Å²) in [5, 5.41) is 10.4. The second-order valence-electron chi connectivity index (χ2n) is 5.68. The van der Waals surface area contributed by atoms with Crippen LogP contribution in [0.3, 0.4) is 0 Å². The first-order valence-electron chi connectivity index (χ1n) is 6.97. The molecular formula is C15H21FN2O3. The van der Waals surface area contributed by atoms with Gasteiger partial charge in [-0.15, -0.1) is 0 Å². The van der Waals surface area contributed by atoms with Crippen molar-refractivity contribution in [3.8, 4) is 5.75 Å². The largest absolute Gasteiger partial charge is 0.497 e. The van der Waals surface area contributed by atoms with Gasteiger partial charge in [-0.3, -0.25) is 9.69 Å². The highest BCUT2D eigenvalue weighted by atomic mass is 19.1. The number of aliphatic hydroxyl groups is 1. The Balaban J connectivity index is 2.05. The maximum atomic E-state index is 13.5. The van der Waals surface area contributed by atoms with Crippen LogP contribution in [0, 0.1) is 5.82 Å². The quantitative estimate of drug-likeness (QED) is 0.851. The molecular weight excluding hydrogens is 275 g/mol. The van der Waals surface area contributed by atoms with E-state index >= 15 is 0 Å². The SMILES string of the molecule is COc1cc(F)cc(CN2CCCC(O)(CC(N)=O)C2)c1. The fourth-order valence-corrected chi connectivity index (χ4v) is 2.90. The Bertz CT molecular complexity index is 524. The molecule has 0 bridgehead atoms. The first-order chi connectivity index (χ1) is 9.90. The van der Waals surface area contributed by atoms with Crippen molar-refractivity contribution in [2.45, 2.75) is 31.4 Å². The smallest absolute Gasteiger partial charge is 0.220 e. The standard InChI is InChI=1S/C15H21FN2O3/c1-21-13-6-11(5-12(16)7-13)9-18-4-2-3-15(20,10-18)8-14(17)19/h5-7,20H,2-4,8-10H2,1H3,(H2,17,19). The number of nitrogens with zero attached hydrogens (tertiary/aromatic N) is 1. The van der Waals surface area contributed by atoms with Crippen LogP contribution in [0.2, 0.25) is 0 Å². The van der Waals surface area contributed by atoms with Crippen LogP contribution in [-0.4, -0.2) is 41.7 Å². The van der Waals surface area contributed by atoms with Gasteiger partial charge in [-0.25, -0.2) is 4.39 Å². The molecule has 1 aliphatic rings. The van der Waals surface area contributed by atoms with Crippen molar-refractivity contribution in [2.24, 2.45) is 5.73 Å². The summed E-state index contributed by atoms with van der Waals surface area (Å²) in [5.41, 5.74) is 4.87. The van der Waals surface area contributed by atoms with Crippen LogP contribution in [0.25, 0.3) is 0 Å². The maximum absolute atomic E-state index is 13.5. The molecule has 1 aromatic carbocycles. The number of benzene rings is 1. The van der Waals surface area contributed by atoms with E-state index in [4.69, 9.17) is 10.5 Å². The van der Waals surface area contributed by atoms with E-state index in [9.17, 15) is 14.3 Å². The second-order valence-corrected chi connectivity index (χ2v) is 5.68. The van der Waals surface area contributed by atoms with Crippen LogP contribution >= 0.6 is 0 Å². The van der Waals surface area contributed by atoms with Gasteiger partial charge >= 0.3 is 0 Å². The Morgan fingerprint density at radius 3 is 2.95 bits per heavy atom. The van der Waals surface area contributed by atoms with E-state index in [1.165, 1.54) is 19.2 Å². The summed E-state index contributed by atoms with van der Waals surface area (Å²) in [6.07, 6.45) is 1.28. The van der Waals surface area contributed by atoms with Crippen LogP contribution in [0.4, 0.5) is 4.39 Å². The number of amides is 1. The van der Waals surface area contributed by atoms with E-state index in [0.29, 0.717) is 25.3 Å². The molecule has 1 fully saturated rings. The minimum atomic E-state index is -1.08. The van der Waals surface area contributed by atoms with Crippen LogP contribution in [-0.2, 0) is 11.3 Å². The molecule has 3 N–H and O–H groups in total. The van der Waals surface area contributed by atoms with Gasteiger partial charge in [0.2, 0.25) is 5.91 Å². The van der Waals surface area contributed by atoms with Crippen molar-refractivity contribution in [3.05, 3.63) is 29.6 Å². The topological polar surface area (TPSA) is 75.8 Å². The predicted octanol–water partition coefficient (Wildman–Crippen LogP) is 1.04. The monoisotopic (exact) mass is 296 g/mol. The average Bonchev–Trinajstić information content (AvgIpc) is 2.36. The molecule has 0 radical (unpaired) electrons. The number of methoxy groups -OCH3 is 1. The van der Waals surface area contributed by atoms with Gasteiger partial charge in [0.1, 0.15) is 11.6 Å². The number of primary amides is 1. The third kappa shape index (κ3) is 4.41. The molecule has 5 nitrogen and oxygen atoms in total. The van der Waals surface area contributed by atoms with Gasteiger partial charge in [0.25, 0.3) is 0 Å². The van der Waals surface area contributed by atoms with E-state index < -0.39 is 11.5 Å². The number of carbonyl (C=O) groups is 1. The fraction of sp³-hybridized carbons (Fsp3) is 0.533. The van der Waals surface area contributed by atoms with E-state index in [0.717, 1.165) is 18.5 Å². The lowest BCUT2D eigenvalue weighted by Crippen LogP contribution is -2.49. The number of nitrogens with two attached hydrogens (primary N) is 1. The second kappa shape index (κ2) is 6.41. The molecule has 1 atom stereocenters. The Morgan fingerprint density at radius 2 is 2.29 bits per heavy atom. The summed E-state index contributed by atoms with van der Waals surface area (Å²) < 4.78 is 18.5. The Labute approximate surface area is 123 Å². The molecule has 1 aliphatic heterocycles. The minimum Gasteiger partial charge on any atom is -0.497 e. The number of hydrogen-bond acceptors (Lipinski definition) is 4. The highest BCUT2D eigenvalue weighted by Crippen LogP contribution is 2.26. The number of β-amino-alcohol motifs (C(OH)–C–C–N with tert-alkyl or cyclic N) is 1. The van der Waals surface area contributed by atoms with Crippen molar-refractivity contribution in [2.75, 3.05) is 20.2 Å². The van der Waals surface area contributed by atoms with Gasteiger partial charge in [0.05, 0.1) is 19.1 Å². The molecule has 1 unspecified atom stereocenters. The normalized spacial score (nSPS) is 23.0. The molecule has 21 heavy (non-hydrogen) atoms. The molecule has 0 aliphatic carbocycles. The van der Waals surface area contributed by atoms with Gasteiger partial charge in [-0.05, 0) is 37.1 Å². The molecule has 0 spiro atoms. The van der Waals surface area contributed by atoms with Gasteiger partial charge in [0.15, 0.2) is 0 Å². The third-order valence-electron chi connectivity index (χ3n) is 3.71. The fourth-order valence-electron chi connectivity index (χ4n) is 2.90. The summed E-state index contributed by atoms with van der Waals surface area (Å²) in [6.45, 7) is 1.64. The van der Waals surface area contributed by atoms with Crippen molar-refractivity contribution in [1.29, 1.82) is 0 Å². The Morgan fingerprint density at radius 1 is 1.52 bits per heavy atom. The lowest BCUT2D eigenvalue weighted by Gasteiger charge is -2.38. The summed E-state index contributed by atoms with van der Waals surface area (Å²) in [6, 6.07) is 4.54. The number of carbonyl (C=O) groups excluding carboxylic acids is 1.